The molecular weight excluding hydrogens is 496 g/mol. The molecule has 0 bridgehead atoms. The van der Waals surface area contributed by atoms with Crippen molar-refractivity contribution in [3.05, 3.63) is 83.0 Å². The molecule has 6 N–H and O–H groups in total. The number of hydrogen-bond donors (Lipinski definition) is 6. The van der Waals surface area contributed by atoms with Gasteiger partial charge in [0.25, 0.3) is 0 Å². The molecule has 2 fully saturated rings. The number of allylic oxidation sites excluding steroid dienone is 4. The fraction of sp³-hybridized carbons (Fsp3) is 0.438. The van der Waals surface area contributed by atoms with Crippen LogP contribution in [0.25, 0.3) is 0 Å². The highest BCUT2D eigenvalue weighted by molar-refractivity contribution is 5.48. The van der Waals surface area contributed by atoms with Gasteiger partial charge in [-0.25, -0.2) is 0 Å². The summed E-state index contributed by atoms with van der Waals surface area (Å²) in [7, 11) is 0. The van der Waals surface area contributed by atoms with Crippen LogP contribution in [0.1, 0.15) is 67.1 Å². The monoisotopic (exact) mass is 532 g/mol. The molecule has 206 valence electrons. The predicted octanol–water partition coefficient (Wildman–Crippen LogP) is 3.76. The van der Waals surface area contributed by atoms with Gasteiger partial charge in [-0.1, -0.05) is 42.2 Å². The van der Waals surface area contributed by atoms with Gasteiger partial charge < -0.3 is 35.4 Å². The average molecular weight is 533 g/mol. The standard InChI is InChI=1S/C32H36O7/c33-26-13-5-20(6-14-26)17-23-11-15-27(19-29(23)32(36,37)38)39-31(35)25-12-16-30(34)24(18-25)10-9-22-8-7-21-3-1-2-4-28(21)22/h1-4,11-12,15-16,18-22,26,28,31,33-38H,5-8,13-14,17H2. The topological polar surface area (TPSA) is 131 Å². The average Bonchev–Trinajstić information content (AvgIpc) is 3.33. The molecule has 5 rings (SSSR count). The Morgan fingerprint density at radius 3 is 2.46 bits per heavy atom. The Balaban J connectivity index is 1.30. The smallest absolute Gasteiger partial charge is 0.304 e. The van der Waals surface area contributed by atoms with E-state index in [2.05, 4.69) is 36.1 Å². The molecule has 39 heavy (non-hydrogen) atoms. The number of fused-ring (bicyclic) bond motifs is 1. The molecule has 0 aromatic heterocycles. The molecule has 2 aromatic rings. The number of benzene rings is 2. The molecule has 0 saturated heterocycles. The first kappa shape index (κ1) is 27.4. The van der Waals surface area contributed by atoms with Gasteiger partial charge >= 0.3 is 5.97 Å². The lowest BCUT2D eigenvalue weighted by atomic mass is 9.82. The molecule has 2 saturated carbocycles. The van der Waals surface area contributed by atoms with Gasteiger partial charge in [0.1, 0.15) is 11.5 Å². The Labute approximate surface area is 228 Å². The number of phenols is 1. The Morgan fingerprint density at radius 1 is 0.923 bits per heavy atom. The van der Waals surface area contributed by atoms with Crippen LogP contribution in [-0.4, -0.2) is 36.7 Å². The number of aromatic hydroxyl groups is 1. The van der Waals surface area contributed by atoms with Crippen LogP contribution in [0.2, 0.25) is 0 Å². The van der Waals surface area contributed by atoms with Crippen LogP contribution in [0.4, 0.5) is 0 Å². The maximum Gasteiger partial charge on any atom is 0.304 e. The zero-order valence-corrected chi connectivity index (χ0v) is 21.8. The molecule has 0 heterocycles. The maximum absolute atomic E-state index is 10.8. The van der Waals surface area contributed by atoms with E-state index in [1.165, 1.54) is 18.2 Å². The van der Waals surface area contributed by atoms with Crippen LogP contribution in [0.5, 0.6) is 11.5 Å². The molecule has 7 heteroatoms. The second kappa shape index (κ2) is 11.5. The van der Waals surface area contributed by atoms with Crippen molar-refractivity contribution in [2.45, 2.75) is 63.3 Å². The number of hydrogen-bond acceptors (Lipinski definition) is 7. The van der Waals surface area contributed by atoms with Crippen LogP contribution in [0.15, 0.2) is 60.7 Å². The minimum absolute atomic E-state index is 0.0135. The van der Waals surface area contributed by atoms with Crippen molar-refractivity contribution in [1.82, 2.24) is 0 Å². The van der Waals surface area contributed by atoms with Gasteiger partial charge in [0.15, 0.2) is 0 Å². The van der Waals surface area contributed by atoms with Crippen molar-refractivity contribution in [3.8, 4) is 23.3 Å². The molecule has 0 amide bonds. The summed E-state index contributed by atoms with van der Waals surface area (Å²) in [6, 6.07) is 9.14. The van der Waals surface area contributed by atoms with Crippen molar-refractivity contribution in [1.29, 1.82) is 0 Å². The molecule has 2 aromatic carbocycles. The van der Waals surface area contributed by atoms with Crippen molar-refractivity contribution in [2.24, 2.45) is 23.7 Å². The molecule has 4 atom stereocenters. The van der Waals surface area contributed by atoms with Gasteiger partial charge in [0.05, 0.1) is 11.7 Å². The third-order valence-corrected chi connectivity index (χ3v) is 8.29. The Kier molecular flexibility index (Phi) is 8.13. The molecule has 3 aliphatic rings. The van der Waals surface area contributed by atoms with Gasteiger partial charge in [-0.2, -0.15) is 0 Å². The molecule has 0 spiro atoms. The fourth-order valence-corrected chi connectivity index (χ4v) is 6.08. The van der Waals surface area contributed by atoms with Crippen LogP contribution < -0.4 is 4.74 Å². The Morgan fingerprint density at radius 2 is 1.69 bits per heavy atom. The fourth-order valence-electron chi connectivity index (χ4n) is 6.08. The number of aliphatic hydroxyl groups is 5. The minimum atomic E-state index is -3.07. The van der Waals surface area contributed by atoms with E-state index in [1.54, 1.807) is 18.2 Å². The van der Waals surface area contributed by atoms with Gasteiger partial charge in [-0.05, 0) is 98.6 Å². The largest absolute Gasteiger partial charge is 0.507 e. The number of phenolic OH excluding ortho intramolecular Hbond substituents is 1. The van der Waals surface area contributed by atoms with Gasteiger partial charge in [-0.15, -0.1) is 0 Å². The lowest BCUT2D eigenvalue weighted by Gasteiger charge is -2.27. The highest BCUT2D eigenvalue weighted by Gasteiger charge is 2.33. The normalized spacial score (nSPS) is 26.9. The minimum Gasteiger partial charge on any atom is -0.507 e. The van der Waals surface area contributed by atoms with Crippen LogP contribution >= 0.6 is 0 Å². The number of aliphatic hydroxyl groups excluding tert-OH is 2. The van der Waals surface area contributed by atoms with E-state index in [-0.39, 0.29) is 35.0 Å². The molecule has 4 unspecified atom stereocenters. The second-order valence-electron chi connectivity index (χ2n) is 11.0. The van der Waals surface area contributed by atoms with Crippen molar-refractivity contribution < 1.29 is 35.4 Å². The lowest BCUT2D eigenvalue weighted by Crippen LogP contribution is -2.27. The van der Waals surface area contributed by atoms with Crippen LogP contribution in [0, 0.1) is 35.5 Å². The summed E-state index contributed by atoms with van der Waals surface area (Å²) in [4.78, 5) is 0. The van der Waals surface area contributed by atoms with E-state index in [0.29, 0.717) is 47.8 Å². The summed E-state index contributed by atoms with van der Waals surface area (Å²) >= 11 is 0. The van der Waals surface area contributed by atoms with E-state index >= 15 is 0 Å². The van der Waals surface area contributed by atoms with E-state index in [1.807, 2.05) is 0 Å². The number of ether oxygens (including phenoxy) is 1. The molecular formula is C32H36O7. The Bertz CT molecular complexity index is 1290. The summed E-state index contributed by atoms with van der Waals surface area (Å²) in [6.07, 6.45) is 12.5. The highest BCUT2D eigenvalue weighted by atomic mass is 16.7. The first-order valence-electron chi connectivity index (χ1n) is 13.7. The van der Waals surface area contributed by atoms with Crippen LogP contribution in [-0.2, 0) is 12.4 Å². The summed E-state index contributed by atoms with van der Waals surface area (Å²) in [6.45, 7) is 0. The van der Waals surface area contributed by atoms with Crippen molar-refractivity contribution in [3.63, 3.8) is 0 Å². The second-order valence-corrected chi connectivity index (χ2v) is 11.0. The molecule has 0 radical (unpaired) electrons. The van der Waals surface area contributed by atoms with Gasteiger partial charge in [-0.3, -0.25) is 0 Å². The molecule has 0 aliphatic heterocycles. The molecule has 7 nitrogen and oxygen atoms in total. The zero-order chi connectivity index (χ0) is 27.6. The van der Waals surface area contributed by atoms with E-state index in [4.69, 9.17) is 4.74 Å². The lowest BCUT2D eigenvalue weighted by molar-refractivity contribution is -0.324. The number of rotatable bonds is 6. The van der Waals surface area contributed by atoms with Crippen LogP contribution in [0.3, 0.4) is 0 Å². The quantitative estimate of drug-likeness (QED) is 0.247. The van der Waals surface area contributed by atoms with Crippen molar-refractivity contribution in [2.75, 3.05) is 0 Å². The maximum atomic E-state index is 10.8. The van der Waals surface area contributed by atoms with Gasteiger partial charge in [0.2, 0.25) is 6.29 Å². The van der Waals surface area contributed by atoms with Gasteiger partial charge in [0, 0.05) is 17.0 Å². The zero-order valence-electron chi connectivity index (χ0n) is 21.8. The van der Waals surface area contributed by atoms with E-state index < -0.39 is 12.3 Å². The Hall–Kier alpha value is -3.12. The third kappa shape index (κ3) is 6.55. The van der Waals surface area contributed by atoms with E-state index in [0.717, 1.165) is 25.7 Å². The predicted molar refractivity (Wildman–Crippen MR) is 145 cm³/mol. The first-order valence-corrected chi connectivity index (χ1v) is 13.7. The third-order valence-electron chi connectivity index (χ3n) is 8.29. The molecule has 3 aliphatic carbocycles. The summed E-state index contributed by atoms with van der Waals surface area (Å²) < 4.78 is 5.68. The van der Waals surface area contributed by atoms with E-state index in [9.17, 15) is 30.6 Å². The summed E-state index contributed by atoms with van der Waals surface area (Å²) in [5.41, 5.74) is 1.21. The summed E-state index contributed by atoms with van der Waals surface area (Å²) in [5, 5.41) is 60.9. The SMILES string of the molecule is Oc1ccc(C(O)Oc2ccc(CC3CCC(O)CC3)c(C(O)(O)O)c2)cc1C#CC1CCC2C=CC=CC12. The highest BCUT2D eigenvalue weighted by Crippen LogP contribution is 2.40. The van der Waals surface area contributed by atoms with Crippen molar-refractivity contribution >= 4 is 0 Å². The first-order chi connectivity index (χ1) is 18.7. The summed E-state index contributed by atoms with van der Waals surface area (Å²) in [5.74, 6) is 4.80.